The van der Waals surface area contributed by atoms with Crippen LogP contribution in [-0.2, 0) is 14.4 Å². The second-order valence-electron chi connectivity index (χ2n) is 6.74. The van der Waals surface area contributed by atoms with Crippen LogP contribution < -0.4 is 10.6 Å². The zero-order chi connectivity index (χ0) is 16.1. The number of carbonyl (C=O) groups is 3. The smallest absolute Gasteiger partial charge is 0.245 e. The molecular formula is C16H27N3O3. The monoisotopic (exact) mass is 309 g/mol. The number of likely N-dealkylation sites (tertiary alicyclic amines) is 1. The highest BCUT2D eigenvalue weighted by molar-refractivity contribution is 5.94. The average Bonchev–Trinajstić information content (AvgIpc) is 2.93. The van der Waals surface area contributed by atoms with Crippen LogP contribution in [0.4, 0.5) is 0 Å². The van der Waals surface area contributed by atoms with E-state index in [9.17, 15) is 14.4 Å². The summed E-state index contributed by atoms with van der Waals surface area (Å²) in [5.74, 6) is 0.00746. The Bertz CT molecular complexity index is 430. The molecule has 0 unspecified atom stereocenters. The molecule has 0 bridgehead atoms. The van der Waals surface area contributed by atoms with Crippen molar-refractivity contribution in [1.82, 2.24) is 15.5 Å². The first kappa shape index (κ1) is 16.8. The minimum absolute atomic E-state index is 0.0195. The van der Waals surface area contributed by atoms with Crippen molar-refractivity contribution in [2.75, 3.05) is 13.1 Å². The Morgan fingerprint density at radius 3 is 2.50 bits per heavy atom. The van der Waals surface area contributed by atoms with E-state index in [1.165, 1.54) is 6.42 Å². The first-order chi connectivity index (χ1) is 10.5. The molecule has 0 aromatic rings. The summed E-state index contributed by atoms with van der Waals surface area (Å²) < 4.78 is 0. The van der Waals surface area contributed by atoms with E-state index in [2.05, 4.69) is 10.6 Å². The van der Waals surface area contributed by atoms with Gasteiger partial charge in [0.15, 0.2) is 0 Å². The highest BCUT2D eigenvalue weighted by atomic mass is 16.2. The van der Waals surface area contributed by atoms with Gasteiger partial charge in [-0.2, -0.15) is 0 Å². The molecule has 0 aliphatic carbocycles. The summed E-state index contributed by atoms with van der Waals surface area (Å²) in [7, 11) is 0. The van der Waals surface area contributed by atoms with Crippen molar-refractivity contribution in [3.63, 3.8) is 0 Å². The third-order valence-electron chi connectivity index (χ3n) is 4.30. The predicted octanol–water partition coefficient (Wildman–Crippen LogP) is 0.808. The van der Waals surface area contributed by atoms with E-state index in [0.29, 0.717) is 25.2 Å². The summed E-state index contributed by atoms with van der Waals surface area (Å²) in [4.78, 5) is 38.0. The molecule has 0 spiro atoms. The van der Waals surface area contributed by atoms with E-state index < -0.39 is 12.1 Å². The van der Waals surface area contributed by atoms with Gasteiger partial charge in [-0.3, -0.25) is 14.4 Å². The zero-order valence-corrected chi connectivity index (χ0v) is 13.6. The van der Waals surface area contributed by atoms with Gasteiger partial charge in [-0.1, -0.05) is 13.8 Å². The van der Waals surface area contributed by atoms with Crippen molar-refractivity contribution in [3.8, 4) is 0 Å². The second-order valence-corrected chi connectivity index (χ2v) is 6.74. The molecular weight excluding hydrogens is 282 g/mol. The quantitative estimate of drug-likeness (QED) is 0.789. The standard InChI is InChI=1S/C16H27N3O3/c1-11(2)10-13(16(22)19-8-4-3-5-9-19)18-15(21)12-6-7-14(20)17-12/h11-13H,3-10H2,1-2H3,(H,17,20)(H,18,21)/t12-,13-/m0/s1. The van der Waals surface area contributed by atoms with Gasteiger partial charge < -0.3 is 15.5 Å². The third-order valence-corrected chi connectivity index (χ3v) is 4.30. The lowest BCUT2D eigenvalue weighted by Gasteiger charge is -2.31. The molecule has 2 aliphatic heterocycles. The lowest BCUT2D eigenvalue weighted by atomic mass is 10.0. The lowest BCUT2D eigenvalue weighted by molar-refractivity contribution is -0.138. The summed E-state index contributed by atoms with van der Waals surface area (Å²) in [6.45, 7) is 5.65. The van der Waals surface area contributed by atoms with Gasteiger partial charge in [0.25, 0.3) is 0 Å². The summed E-state index contributed by atoms with van der Waals surface area (Å²) in [6, 6.07) is -0.973. The van der Waals surface area contributed by atoms with E-state index in [1.54, 1.807) is 0 Å². The third kappa shape index (κ3) is 4.45. The Labute approximate surface area is 132 Å². The molecule has 2 saturated heterocycles. The van der Waals surface area contributed by atoms with Gasteiger partial charge in [0, 0.05) is 19.5 Å². The van der Waals surface area contributed by atoms with Crippen LogP contribution in [0.2, 0.25) is 0 Å². The van der Waals surface area contributed by atoms with Gasteiger partial charge in [0.2, 0.25) is 17.7 Å². The normalized spacial score (nSPS) is 23.3. The molecule has 0 aromatic carbocycles. The Morgan fingerprint density at radius 2 is 1.95 bits per heavy atom. The second kappa shape index (κ2) is 7.61. The highest BCUT2D eigenvalue weighted by Crippen LogP contribution is 2.15. The van der Waals surface area contributed by atoms with Crippen molar-refractivity contribution >= 4 is 17.7 Å². The van der Waals surface area contributed by atoms with Gasteiger partial charge in [0.05, 0.1) is 0 Å². The number of nitrogens with one attached hydrogen (secondary N) is 2. The molecule has 0 radical (unpaired) electrons. The van der Waals surface area contributed by atoms with Gasteiger partial charge in [-0.25, -0.2) is 0 Å². The summed E-state index contributed by atoms with van der Waals surface area (Å²) >= 11 is 0. The van der Waals surface area contributed by atoms with Crippen LogP contribution in [-0.4, -0.2) is 47.8 Å². The van der Waals surface area contributed by atoms with Gasteiger partial charge >= 0.3 is 0 Å². The minimum atomic E-state index is -0.490. The van der Waals surface area contributed by atoms with Gasteiger partial charge in [0.1, 0.15) is 12.1 Å². The first-order valence-electron chi connectivity index (χ1n) is 8.36. The molecule has 2 heterocycles. The Morgan fingerprint density at radius 1 is 1.27 bits per heavy atom. The van der Waals surface area contributed by atoms with Gasteiger partial charge in [-0.05, 0) is 38.0 Å². The lowest BCUT2D eigenvalue weighted by Crippen LogP contribution is -2.53. The van der Waals surface area contributed by atoms with Crippen LogP contribution in [0.25, 0.3) is 0 Å². The molecule has 2 aliphatic rings. The van der Waals surface area contributed by atoms with Crippen LogP contribution >= 0.6 is 0 Å². The number of carbonyl (C=O) groups excluding carboxylic acids is 3. The van der Waals surface area contributed by atoms with E-state index >= 15 is 0 Å². The van der Waals surface area contributed by atoms with Crippen LogP contribution in [0.15, 0.2) is 0 Å². The van der Waals surface area contributed by atoms with Crippen molar-refractivity contribution in [2.24, 2.45) is 5.92 Å². The fourth-order valence-corrected chi connectivity index (χ4v) is 3.11. The number of hydrogen-bond donors (Lipinski definition) is 2. The van der Waals surface area contributed by atoms with Crippen LogP contribution in [0.5, 0.6) is 0 Å². The fourth-order valence-electron chi connectivity index (χ4n) is 3.11. The average molecular weight is 309 g/mol. The van der Waals surface area contributed by atoms with Crippen molar-refractivity contribution in [2.45, 2.75) is 64.5 Å². The maximum atomic E-state index is 12.7. The summed E-state index contributed by atoms with van der Waals surface area (Å²) in [5.41, 5.74) is 0. The van der Waals surface area contributed by atoms with Crippen molar-refractivity contribution in [1.29, 1.82) is 0 Å². The van der Waals surface area contributed by atoms with Crippen LogP contribution in [0, 0.1) is 5.92 Å². The molecule has 2 atom stereocenters. The molecule has 6 heteroatoms. The maximum Gasteiger partial charge on any atom is 0.245 e. The molecule has 22 heavy (non-hydrogen) atoms. The van der Waals surface area contributed by atoms with E-state index in [1.807, 2.05) is 18.7 Å². The van der Waals surface area contributed by atoms with E-state index in [4.69, 9.17) is 0 Å². The molecule has 3 amide bonds. The van der Waals surface area contributed by atoms with Crippen molar-refractivity contribution < 1.29 is 14.4 Å². The maximum absolute atomic E-state index is 12.7. The number of nitrogens with zero attached hydrogens (tertiary/aromatic N) is 1. The molecule has 2 fully saturated rings. The van der Waals surface area contributed by atoms with Crippen LogP contribution in [0.1, 0.15) is 52.4 Å². The Hall–Kier alpha value is -1.59. The van der Waals surface area contributed by atoms with Gasteiger partial charge in [-0.15, -0.1) is 0 Å². The minimum Gasteiger partial charge on any atom is -0.344 e. The topological polar surface area (TPSA) is 78.5 Å². The first-order valence-corrected chi connectivity index (χ1v) is 8.36. The molecule has 2 N–H and O–H groups in total. The highest BCUT2D eigenvalue weighted by Gasteiger charge is 2.32. The molecule has 0 aromatic heterocycles. The molecule has 6 nitrogen and oxygen atoms in total. The molecule has 2 rings (SSSR count). The van der Waals surface area contributed by atoms with E-state index in [-0.39, 0.29) is 17.7 Å². The SMILES string of the molecule is CC(C)C[C@H](NC(=O)[C@@H]1CCC(=O)N1)C(=O)N1CCCCC1. The number of piperidine rings is 1. The van der Waals surface area contributed by atoms with Crippen molar-refractivity contribution in [3.05, 3.63) is 0 Å². The number of amides is 3. The number of hydrogen-bond acceptors (Lipinski definition) is 3. The number of rotatable bonds is 5. The molecule has 124 valence electrons. The predicted molar refractivity (Wildman–Crippen MR) is 83.0 cm³/mol. The Balaban J connectivity index is 1.97. The largest absolute Gasteiger partial charge is 0.344 e. The molecule has 0 saturated carbocycles. The fraction of sp³-hybridized carbons (Fsp3) is 0.812. The summed E-state index contributed by atoms with van der Waals surface area (Å²) in [5, 5.41) is 5.52. The zero-order valence-electron chi connectivity index (χ0n) is 13.6. The van der Waals surface area contributed by atoms with Crippen LogP contribution in [0.3, 0.4) is 0 Å². The van der Waals surface area contributed by atoms with E-state index in [0.717, 1.165) is 25.9 Å². The summed E-state index contributed by atoms with van der Waals surface area (Å²) in [6.07, 6.45) is 4.75. The Kier molecular flexibility index (Phi) is 5.80.